The molecule has 0 bridgehead atoms. The lowest BCUT2D eigenvalue weighted by molar-refractivity contribution is -0.126. The molecular weight excluding hydrogens is 306 g/mol. The number of urea groups is 1. The fourth-order valence-electron chi connectivity index (χ4n) is 2.79. The Morgan fingerprint density at radius 3 is 2.88 bits per heavy atom. The largest absolute Gasteiger partial charge is 0.350 e. The molecule has 24 heavy (non-hydrogen) atoms. The van der Waals surface area contributed by atoms with E-state index in [1.165, 1.54) is 0 Å². The van der Waals surface area contributed by atoms with Crippen molar-refractivity contribution in [2.24, 2.45) is 11.8 Å². The molecule has 1 aliphatic rings. The number of hydrogen-bond donors (Lipinski definition) is 3. The number of amides is 3. The lowest BCUT2D eigenvalue weighted by Gasteiger charge is -2.32. The van der Waals surface area contributed by atoms with Crippen molar-refractivity contribution in [1.29, 1.82) is 0 Å². The molecule has 1 aromatic rings. The number of piperidine rings is 1. The van der Waals surface area contributed by atoms with Crippen LogP contribution in [0.25, 0.3) is 0 Å². The summed E-state index contributed by atoms with van der Waals surface area (Å²) in [6.45, 7) is 8.47. The summed E-state index contributed by atoms with van der Waals surface area (Å²) in [6, 6.07) is 1.90. The van der Waals surface area contributed by atoms with E-state index in [0.29, 0.717) is 32.1 Å². The Bertz CT molecular complexity index is 555. The number of rotatable bonds is 6. The molecule has 3 amide bonds. The first-order chi connectivity index (χ1) is 11.5. The maximum atomic E-state index is 12.4. The summed E-state index contributed by atoms with van der Waals surface area (Å²) in [4.78, 5) is 26.3. The summed E-state index contributed by atoms with van der Waals surface area (Å²) >= 11 is 0. The summed E-state index contributed by atoms with van der Waals surface area (Å²) in [5.74, 6) is 0.279. The van der Waals surface area contributed by atoms with E-state index in [0.717, 1.165) is 30.7 Å². The van der Waals surface area contributed by atoms with Gasteiger partial charge >= 0.3 is 6.03 Å². The van der Waals surface area contributed by atoms with Crippen LogP contribution in [0.15, 0.2) is 6.07 Å². The van der Waals surface area contributed by atoms with E-state index < -0.39 is 0 Å². The number of H-pyrrole nitrogens is 1. The highest BCUT2D eigenvalue weighted by molar-refractivity contribution is 5.80. The summed E-state index contributed by atoms with van der Waals surface area (Å²) in [7, 11) is 0. The molecule has 0 unspecified atom stereocenters. The van der Waals surface area contributed by atoms with Crippen molar-refractivity contribution in [1.82, 2.24) is 25.7 Å². The second-order valence-corrected chi connectivity index (χ2v) is 6.82. The molecule has 1 atom stereocenters. The molecule has 1 saturated heterocycles. The van der Waals surface area contributed by atoms with E-state index in [-0.39, 0.29) is 17.9 Å². The van der Waals surface area contributed by atoms with Gasteiger partial charge in [0.15, 0.2) is 0 Å². The average molecular weight is 335 g/mol. The topological polar surface area (TPSA) is 90.1 Å². The molecule has 0 aromatic carbocycles. The summed E-state index contributed by atoms with van der Waals surface area (Å²) < 4.78 is 0. The van der Waals surface area contributed by atoms with Crippen molar-refractivity contribution < 1.29 is 9.59 Å². The Morgan fingerprint density at radius 2 is 2.21 bits per heavy atom. The Kier molecular flexibility index (Phi) is 6.63. The number of carbonyl (C=O) groups is 2. The SMILES string of the molecule is CCc1cc(CNC(=O)[C@H]2CCCN(C(=O)NCC(C)C)C2)[nH]n1. The monoisotopic (exact) mass is 335 g/mol. The maximum Gasteiger partial charge on any atom is 0.317 e. The van der Waals surface area contributed by atoms with Gasteiger partial charge in [-0.25, -0.2) is 4.79 Å². The summed E-state index contributed by atoms with van der Waals surface area (Å²) in [5, 5.41) is 13.0. The Labute approximate surface area is 143 Å². The second kappa shape index (κ2) is 8.70. The first kappa shape index (κ1) is 18.3. The molecule has 1 aromatic heterocycles. The number of nitrogens with zero attached hydrogens (tertiary/aromatic N) is 2. The number of likely N-dealkylation sites (tertiary alicyclic amines) is 1. The van der Waals surface area contributed by atoms with Crippen LogP contribution < -0.4 is 10.6 Å². The Hall–Kier alpha value is -2.05. The Morgan fingerprint density at radius 1 is 1.42 bits per heavy atom. The molecule has 2 rings (SSSR count). The van der Waals surface area contributed by atoms with Gasteiger partial charge in [-0.05, 0) is 31.2 Å². The Balaban J connectivity index is 1.80. The predicted molar refractivity (Wildman–Crippen MR) is 92.3 cm³/mol. The third-order valence-electron chi connectivity index (χ3n) is 4.24. The summed E-state index contributed by atoms with van der Waals surface area (Å²) in [6.07, 6.45) is 2.55. The molecule has 1 fully saturated rings. The predicted octanol–water partition coefficient (Wildman–Crippen LogP) is 1.67. The van der Waals surface area contributed by atoms with Crippen LogP contribution in [0.3, 0.4) is 0 Å². The van der Waals surface area contributed by atoms with Gasteiger partial charge in [0.25, 0.3) is 0 Å². The van der Waals surface area contributed by atoms with Crippen molar-refractivity contribution in [3.63, 3.8) is 0 Å². The fraction of sp³-hybridized carbons (Fsp3) is 0.706. The van der Waals surface area contributed by atoms with E-state index in [1.807, 2.05) is 13.0 Å². The van der Waals surface area contributed by atoms with Crippen molar-refractivity contribution in [3.8, 4) is 0 Å². The van der Waals surface area contributed by atoms with Gasteiger partial charge in [0.1, 0.15) is 0 Å². The number of nitrogens with one attached hydrogen (secondary N) is 3. The quantitative estimate of drug-likeness (QED) is 0.738. The molecular formula is C17H29N5O2. The third kappa shape index (κ3) is 5.25. The van der Waals surface area contributed by atoms with Gasteiger partial charge in [0.2, 0.25) is 5.91 Å². The minimum Gasteiger partial charge on any atom is -0.350 e. The lowest BCUT2D eigenvalue weighted by atomic mass is 9.97. The van der Waals surface area contributed by atoms with Crippen molar-refractivity contribution in [2.75, 3.05) is 19.6 Å². The van der Waals surface area contributed by atoms with Gasteiger partial charge in [-0.1, -0.05) is 20.8 Å². The van der Waals surface area contributed by atoms with E-state index in [9.17, 15) is 9.59 Å². The highest BCUT2D eigenvalue weighted by Gasteiger charge is 2.28. The summed E-state index contributed by atoms with van der Waals surface area (Å²) in [5.41, 5.74) is 1.90. The molecule has 1 aliphatic heterocycles. The van der Waals surface area contributed by atoms with Crippen LogP contribution in [0.5, 0.6) is 0 Å². The highest BCUT2D eigenvalue weighted by Crippen LogP contribution is 2.17. The average Bonchev–Trinajstić information content (AvgIpc) is 3.05. The molecule has 0 saturated carbocycles. The number of carbonyl (C=O) groups excluding carboxylic acids is 2. The fourth-order valence-corrected chi connectivity index (χ4v) is 2.79. The van der Waals surface area contributed by atoms with Crippen LogP contribution in [0, 0.1) is 11.8 Å². The zero-order valence-corrected chi connectivity index (χ0v) is 14.9. The smallest absolute Gasteiger partial charge is 0.317 e. The zero-order valence-electron chi connectivity index (χ0n) is 14.9. The molecule has 3 N–H and O–H groups in total. The van der Waals surface area contributed by atoms with Crippen LogP contribution in [0.4, 0.5) is 4.79 Å². The lowest BCUT2D eigenvalue weighted by Crippen LogP contribution is -2.49. The number of aromatic amines is 1. The van der Waals surface area contributed by atoms with Gasteiger partial charge in [-0.15, -0.1) is 0 Å². The van der Waals surface area contributed by atoms with Crippen LogP contribution in [-0.4, -0.2) is 46.7 Å². The molecule has 0 spiro atoms. The van der Waals surface area contributed by atoms with Gasteiger partial charge in [-0.2, -0.15) is 5.10 Å². The van der Waals surface area contributed by atoms with Crippen molar-refractivity contribution >= 4 is 11.9 Å². The minimum atomic E-state index is -0.142. The van der Waals surface area contributed by atoms with E-state index in [2.05, 4.69) is 34.7 Å². The van der Waals surface area contributed by atoms with Crippen LogP contribution in [0.2, 0.25) is 0 Å². The third-order valence-corrected chi connectivity index (χ3v) is 4.24. The molecule has 2 heterocycles. The number of aryl methyl sites for hydroxylation is 1. The van der Waals surface area contributed by atoms with E-state index >= 15 is 0 Å². The number of aromatic nitrogens is 2. The van der Waals surface area contributed by atoms with Gasteiger partial charge < -0.3 is 15.5 Å². The normalized spacial score (nSPS) is 17.8. The van der Waals surface area contributed by atoms with Gasteiger partial charge in [-0.3, -0.25) is 9.89 Å². The first-order valence-electron chi connectivity index (χ1n) is 8.83. The molecule has 0 aliphatic carbocycles. The number of hydrogen-bond acceptors (Lipinski definition) is 3. The minimum absolute atomic E-state index is 0.00371. The van der Waals surface area contributed by atoms with E-state index in [4.69, 9.17) is 0 Å². The molecule has 7 nitrogen and oxygen atoms in total. The first-order valence-corrected chi connectivity index (χ1v) is 8.83. The van der Waals surface area contributed by atoms with Crippen LogP contribution in [-0.2, 0) is 17.8 Å². The van der Waals surface area contributed by atoms with Gasteiger partial charge in [0.05, 0.1) is 23.9 Å². The zero-order chi connectivity index (χ0) is 17.5. The molecule has 134 valence electrons. The van der Waals surface area contributed by atoms with Crippen molar-refractivity contribution in [2.45, 2.75) is 46.6 Å². The molecule has 0 radical (unpaired) electrons. The maximum absolute atomic E-state index is 12.4. The van der Waals surface area contributed by atoms with Crippen molar-refractivity contribution in [3.05, 3.63) is 17.5 Å². The second-order valence-electron chi connectivity index (χ2n) is 6.82. The van der Waals surface area contributed by atoms with E-state index in [1.54, 1.807) is 4.90 Å². The standard InChI is InChI=1S/C17H29N5O2/c1-4-14-8-15(21-20-14)10-18-16(23)13-6-5-7-22(11-13)17(24)19-9-12(2)3/h8,12-13H,4-7,9-11H2,1-3H3,(H,18,23)(H,19,24)(H,20,21)/t13-/m0/s1. The van der Waals surface area contributed by atoms with Crippen LogP contribution in [0.1, 0.15) is 45.0 Å². The molecule has 7 heteroatoms. The van der Waals surface area contributed by atoms with Gasteiger partial charge in [0, 0.05) is 19.6 Å². The highest BCUT2D eigenvalue weighted by atomic mass is 16.2. The van der Waals surface area contributed by atoms with Crippen LogP contribution >= 0.6 is 0 Å².